The fourth-order valence-corrected chi connectivity index (χ4v) is 1.55. The zero-order chi connectivity index (χ0) is 15.3. The van der Waals surface area contributed by atoms with Gasteiger partial charge in [0, 0.05) is 5.70 Å². The minimum Gasteiger partial charge on any atom is -0.478 e. The third kappa shape index (κ3) is 3.91. The number of aromatic carboxylic acids is 1. The van der Waals surface area contributed by atoms with Crippen molar-refractivity contribution in [3.63, 3.8) is 0 Å². The van der Waals surface area contributed by atoms with E-state index in [0.717, 1.165) is 5.56 Å². The Bertz CT molecular complexity index is 616. The second kappa shape index (κ2) is 6.47. The van der Waals surface area contributed by atoms with Crippen LogP contribution in [0, 0.1) is 6.92 Å². The van der Waals surface area contributed by atoms with Gasteiger partial charge in [0.15, 0.2) is 0 Å². The summed E-state index contributed by atoms with van der Waals surface area (Å²) in [5.74, 6) is -1.49. The Kier molecular flexibility index (Phi) is 4.97. The molecule has 0 saturated heterocycles. The van der Waals surface area contributed by atoms with Crippen LogP contribution < -0.4 is 5.32 Å². The summed E-state index contributed by atoms with van der Waals surface area (Å²) < 4.78 is 0. The summed E-state index contributed by atoms with van der Waals surface area (Å²) in [4.78, 5) is 27.2. The van der Waals surface area contributed by atoms with Crippen LogP contribution in [-0.2, 0) is 0 Å². The SMILES string of the molecule is C=CC(=NC(=C)C)NC(=O)c1ccc(C)cc1C(=O)O. The van der Waals surface area contributed by atoms with Crippen molar-refractivity contribution < 1.29 is 14.7 Å². The van der Waals surface area contributed by atoms with Crippen LogP contribution in [0.1, 0.15) is 33.2 Å². The topological polar surface area (TPSA) is 78.8 Å². The van der Waals surface area contributed by atoms with Gasteiger partial charge in [-0.15, -0.1) is 0 Å². The molecule has 1 aromatic rings. The summed E-state index contributed by atoms with van der Waals surface area (Å²) in [6, 6.07) is 4.58. The maximum absolute atomic E-state index is 12.1. The van der Waals surface area contributed by atoms with Gasteiger partial charge in [-0.3, -0.25) is 4.79 Å². The molecule has 1 aromatic carbocycles. The zero-order valence-corrected chi connectivity index (χ0v) is 11.4. The Balaban J connectivity index is 3.13. The maximum atomic E-state index is 12.1. The number of hydrogen-bond donors (Lipinski definition) is 2. The highest BCUT2D eigenvalue weighted by Gasteiger charge is 2.17. The first kappa shape index (κ1) is 15.4. The number of carbonyl (C=O) groups is 2. The van der Waals surface area contributed by atoms with Crippen molar-refractivity contribution in [2.24, 2.45) is 4.99 Å². The van der Waals surface area contributed by atoms with E-state index in [2.05, 4.69) is 23.5 Å². The number of amidine groups is 1. The molecule has 0 aromatic heterocycles. The largest absolute Gasteiger partial charge is 0.478 e. The molecule has 0 saturated carbocycles. The number of carboxylic acids is 1. The third-order valence-electron chi connectivity index (χ3n) is 2.40. The first-order valence-electron chi connectivity index (χ1n) is 5.87. The number of benzene rings is 1. The summed E-state index contributed by atoms with van der Waals surface area (Å²) in [5.41, 5.74) is 1.28. The lowest BCUT2D eigenvalue weighted by atomic mass is 10.0. The van der Waals surface area contributed by atoms with Crippen molar-refractivity contribution in [2.45, 2.75) is 13.8 Å². The average molecular weight is 272 g/mol. The minimum absolute atomic E-state index is 0.0544. The molecule has 0 aliphatic carbocycles. The molecule has 0 bridgehead atoms. The summed E-state index contributed by atoms with van der Waals surface area (Å²) in [6.07, 6.45) is 1.36. The molecule has 1 amide bonds. The van der Waals surface area contributed by atoms with Gasteiger partial charge in [-0.25, -0.2) is 9.79 Å². The van der Waals surface area contributed by atoms with E-state index in [1.165, 1.54) is 18.2 Å². The van der Waals surface area contributed by atoms with Crippen LogP contribution >= 0.6 is 0 Å². The van der Waals surface area contributed by atoms with Crippen LogP contribution in [-0.4, -0.2) is 22.8 Å². The van der Waals surface area contributed by atoms with Gasteiger partial charge in [0.05, 0.1) is 11.1 Å². The molecule has 0 aliphatic heterocycles. The third-order valence-corrected chi connectivity index (χ3v) is 2.40. The highest BCUT2D eigenvalue weighted by Crippen LogP contribution is 2.12. The lowest BCUT2D eigenvalue weighted by molar-refractivity contribution is 0.0691. The van der Waals surface area contributed by atoms with Gasteiger partial charge < -0.3 is 10.4 Å². The zero-order valence-electron chi connectivity index (χ0n) is 11.4. The van der Waals surface area contributed by atoms with Crippen LogP contribution in [0.2, 0.25) is 0 Å². The molecule has 20 heavy (non-hydrogen) atoms. The van der Waals surface area contributed by atoms with E-state index >= 15 is 0 Å². The fraction of sp³-hybridized carbons (Fsp3) is 0.133. The van der Waals surface area contributed by atoms with Crippen LogP contribution in [0.15, 0.2) is 48.1 Å². The Morgan fingerprint density at radius 3 is 2.50 bits per heavy atom. The van der Waals surface area contributed by atoms with Gasteiger partial charge in [0.1, 0.15) is 5.84 Å². The van der Waals surface area contributed by atoms with Gasteiger partial charge >= 0.3 is 5.97 Å². The normalized spacial score (nSPS) is 10.8. The van der Waals surface area contributed by atoms with Crippen molar-refractivity contribution >= 4 is 17.7 Å². The Hall–Kier alpha value is -2.69. The molecule has 0 fully saturated rings. The number of nitrogens with zero attached hydrogens (tertiary/aromatic N) is 1. The molecule has 0 heterocycles. The molecule has 0 atom stereocenters. The molecule has 0 radical (unpaired) electrons. The second-order valence-electron chi connectivity index (χ2n) is 4.24. The summed E-state index contributed by atoms with van der Waals surface area (Å²) in [5, 5.41) is 11.6. The number of amides is 1. The number of hydrogen-bond acceptors (Lipinski definition) is 3. The highest BCUT2D eigenvalue weighted by atomic mass is 16.4. The van der Waals surface area contributed by atoms with Crippen molar-refractivity contribution in [2.75, 3.05) is 0 Å². The van der Waals surface area contributed by atoms with Gasteiger partial charge in [0.2, 0.25) is 0 Å². The van der Waals surface area contributed by atoms with Gasteiger partial charge in [-0.1, -0.05) is 24.8 Å². The predicted molar refractivity (Wildman–Crippen MR) is 78.1 cm³/mol. The van der Waals surface area contributed by atoms with Crippen molar-refractivity contribution in [3.05, 3.63) is 59.8 Å². The highest BCUT2D eigenvalue weighted by molar-refractivity contribution is 6.13. The molecule has 5 nitrogen and oxygen atoms in total. The maximum Gasteiger partial charge on any atom is 0.336 e. The standard InChI is InChI=1S/C15H16N2O3/c1-5-13(16-9(2)3)17-14(18)11-7-6-10(4)8-12(11)15(19)20/h5-8H,1-2H2,3-4H3,(H,19,20)(H,16,17,18). The van der Waals surface area contributed by atoms with Crippen LogP contribution in [0.25, 0.3) is 0 Å². The van der Waals surface area contributed by atoms with E-state index in [4.69, 9.17) is 5.11 Å². The molecule has 0 unspecified atom stereocenters. The molecule has 5 heteroatoms. The summed E-state index contributed by atoms with van der Waals surface area (Å²) in [7, 11) is 0. The van der Waals surface area contributed by atoms with E-state index in [9.17, 15) is 9.59 Å². The van der Waals surface area contributed by atoms with Crippen LogP contribution in [0.5, 0.6) is 0 Å². The van der Waals surface area contributed by atoms with Crippen molar-refractivity contribution in [3.8, 4) is 0 Å². The van der Waals surface area contributed by atoms with Gasteiger partial charge in [0.25, 0.3) is 5.91 Å². The van der Waals surface area contributed by atoms with Gasteiger partial charge in [-0.2, -0.15) is 0 Å². The second-order valence-corrected chi connectivity index (χ2v) is 4.24. The fourth-order valence-electron chi connectivity index (χ4n) is 1.55. The average Bonchev–Trinajstić information content (AvgIpc) is 2.36. The van der Waals surface area contributed by atoms with Crippen molar-refractivity contribution in [1.82, 2.24) is 5.32 Å². The van der Waals surface area contributed by atoms with E-state index < -0.39 is 11.9 Å². The molecular weight excluding hydrogens is 256 g/mol. The molecule has 2 N–H and O–H groups in total. The molecule has 0 spiro atoms. The number of aliphatic imine (C=N–C) groups is 1. The monoisotopic (exact) mass is 272 g/mol. The number of rotatable bonds is 4. The van der Waals surface area contributed by atoms with E-state index in [0.29, 0.717) is 5.70 Å². The summed E-state index contributed by atoms with van der Waals surface area (Å²) in [6.45, 7) is 10.6. The minimum atomic E-state index is -1.16. The lowest BCUT2D eigenvalue weighted by Gasteiger charge is -2.08. The Labute approximate surface area is 117 Å². The van der Waals surface area contributed by atoms with E-state index in [1.54, 1.807) is 19.9 Å². The predicted octanol–water partition coefficient (Wildman–Crippen LogP) is 2.54. The van der Waals surface area contributed by atoms with Crippen LogP contribution in [0.3, 0.4) is 0 Å². The van der Waals surface area contributed by atoms with Crippen molar-refractivity contribution in [1.29, 1.82) is 0 Å². The smallest absolute Gasteiger partial charge is 0.336 e. The Morgan fingerprint density at radius 2 is 2.00 bits per heavy atom. The number of carboxylic acid groups (broad SMARTS) is 1. The number of aryl methyl sites for hydroxylation is 1. The number of carbonyl (C=O) groups excluding carboxylic acids is 1. The number of allylic oxidation sites excluding steroid dienone is 1. The molecular formula is C15H16N2O3. The number of nitrogens with one attached hydrogen (secondary N) is 1. The molecule has 0 aliphatic rings. The lowest BCUT2D eigenvalue weighted by Crippen LogP contribution is -2.30. The van der Waals surface area contributed by atoms with Gasteiger partial charge in [-0.05, 0) is 32.1 Å². The molecule has 1 rings (SSSR count). The van der Waals surface area contributed by atoms with E-state index in [-0.39, 0.29) is 17.0 Å². The van der Waals surface area contributed by atoms with E-state index in [1.807, 2.05) is 0 Å². The quantitative estimate of drug-likeness (QED) is 0.653. The van der Waals surface area contributed by atoms with Crippen LogP contribution in [0.4, 0.5) is 0 Å². The summed E-state index contributed by atoms with van der Waals surface area (Å²) >= 11 is 0. The Morgan fingerprint density at radius 1 is 1.35 bits per heavy atom. The first-order valence-corrected chi connectivity index (χ1v) is 5.87. The first-order chi connectivity index (χ1) is 9.35. The molecule has 104 valence electrons.